The standard InChI is InChI=1S/C10H16N4O3S/c1-10(2,16)6-4-14(5-6)8(15)11-7-12-13-9(17-3)18-7/h6,16H,4-5H2,1-3H3,(H,11,12,15). The zero-order chi connectivity index (χ0) is 13.3. The van der Waals surface area contributed by atoms with Crippen molar-refractivity contribution in [3.63, 3.8) is 0 Å². The molecule has 0 aromatic carbocycles. The predicted molar refractivity (Wildman–Crippen MR) is 66.8 cm³/mol. The van der Waals surface area contributed by atoms with Crippen LogP contribution in [0.5, 0.6) is 5.19 Å². The van der Waals surface area contributed by atoms with Crippen LogP contribution in [0, 0.1) is 5.92 Å². The molecule has 0 spiro atoms. The van der Waals surface area contributed by atoms with Crippen molar-refractivity contribution in [3.05, 3.63) is 0 Å². The molecular formula is C10H16N4O3S. The highest BCUT2D eigenvalue weighted by Gasteiger charge is 2.39. The number of carbonyl (C=O) groups excluding carboxylic acids is 1. The average molecular weight is 272 g/mol. The maximum absolute atomic E-state index is 11.8. The summed E-state index contributed by atoms with van der Waals surface area (Å²) in [6.45, 7) is 4.60. The number of carbonyl (C=O) groups is 1. The molecule has 0 atom stereocenters. The van der Waals surface area contributed by atoms with E-state index in [1.54, 1.807) is 18.7 Å². The number of ether oxygens (including phenoxy) is 1. The van der Waals surface area contributed by atoms with Crippen LogP contribution in [0.3, 0.4) is 0 Å². The Morgan fingerprint density at radius 3 is 2.72 bits per heavy atom. The highest BCUT2D eigenvalue weighted by Crippen LogP contribution is 2.28. The Morgan fingerprint density at radius 2 is 2.22 bits per heavy atom. The summed E-state index contributed by atoms with van der Waals surface area (Å²) >= 11 is 1.17. The smallest absolute Gasteiger partial charge is 0.323 e. The fourth-order valence-electron chi connectivity index (χ4n) is 1.60. The van der Waals surface area contributed by atoms with Crippen LogP contribution in [0.1, 0.15) is 13.8 Å². The number of aliphatic hydroxyl groups is 1. The highest BCUT2D eigenvalue weighted by molar-refractivity contribution is 7.17. The van der Waals surface area contributed by atoms with Crippen LogP contribution < -0.4 is 10.1 Å². The number of anilines is 1. The Labute approximate surface area is 109 Å². The molecule has 1 aliphatic heterocycles. The van der Waals surface area contributed by atoms with E-state index in [2.05, 4.69) is 15.5 Å². The van der Waals surface area contributed by atoms with Gasteiger partial charge in [-0.25, -0.2) is 4.79 Å². The predicted octanol–water partition coefficient (Wildman–Crippen LogP) is 0.781. The molecule has 0 bridgehead atoms. The zero-order valence-electron chi connectivity index (χ0n) is 10.5. The van der Waals surface area contributed by atoms with Gasteiger partial charge in [0.1, 0.15) is 0 Å². The maximum Gasteiger partial charge on any atom is 0.323 e. The summed E-state index contributed by atoms with van der Waals surface area (Å²) in [4.78, 5) is 13.4. The summed E-state index contributed by atoms with van der Waals surface area (Å²) in [6.07, 6.45) is 0. The Kier molecular flexibility index (Phi) is 3.40. The van der Waals surface area contributed by atoms with E-state index in [4.69, 9.17) is 4.74 Å². The molecule has 2 rings (SSSR count). The van der Waals surface area contributed by atoms with E-state index in [0.717, 1.165) is 0 Å². The van der Waals surface area contributed by atoms with Crippen molar-refractivity contribution >= 4 is 22.5 Å². The molecule has 2 heterocycles. The third kappa shape index (κ3) is 2.70. The molecule has 2 amide bonds. The lowest BCUT2D eigenvalue weighted by atomic mass is 9.85. The number of nitrogens with zero attached hydrogens (tertiary/aromatic N) is 3. The molecule has 1 aliphatic rings. The number of urea groups is 1. The van der Waals surface area contributed by atoms with E-state index in [-0.39, 0.29) is 11.9 Å². The molecule has 18 heavy (non-hydrogen) atoms. The van der Waals surface area contributed by atoms with E-state index in [1.807, 2.05) is 0 Å². The first kappa shape index (κ1) is 13.0. The topological polar surface area (TPSA) is 87.6 Å². The molecule has 1 saturated heterocycles. The third-order valence-electron chi connectivity index (χ3n) is 2.96. The fourth-order valence-corrected chi connectivity index (χ4v) is 2.15. The van der Waals surface area contributed by atoms with Crippen LogP contribution in [-0.4, -0.2) is 52.0 Å². The first-order valence-electron chi connectivity index (χ1n) is 5.56. The first-order valence-corrected chi connectivity index (χ1v) is 6.37. The largest absolute Gasteiger partial charge is 0.472 e. The number of aromatic nitrogens is 2. The molecule has 2 N–H and O–H groups in total. The second-order valence-electron chi connectivity index (χ2n) is 4.76. The third-order valence-corrected chi connectivity index (χ3v) is 3.76. The van der Waals surface area contributed by atoms with Gasteiger partial charge in [0.25, 0.3) is 5.19 Å². The van der Waals surface area contributed by atoms with E-state index in [0.29, 0.717) is 23.4 Å². The first-order chi connectivity index (χ1) is 8.40. The number of likely N-dealkylation sites (tertiary alicyclic amines) is 1. The van der Waals surface area contributed by atoms with Gasteiger partial charge in [-0.3, -0.25) is 5.32 Å². The van der Waals surface area contributed by atoms with Crippen molar-refractivity contribution in [1.29, 1.82) is 0 Å². The Morgan fingerprint density at radius 1 is 1.56 bits per heavy atom. The summed E-state index contributed by atoms with van der Waals surface area (Å²) in [5, 5.41) is 20.7. The van der Waals surface area contributed by atoms with Gasteiger partial charge >= 0.3 is 6.03 Å². The van der Waals surface area contributed by atoms with Gasteiger partial charge in [0.15, 0.2) is 0 Å². The number of hydrogen-bond donors (Lipinski definition) is 2. The van der Waals surface area contributed by atoms with Crippen LogP contribution in [-0.2, 0) is 0 Å². The maximum atomic E-state index is 11.8. The fraction of sp³-hybridized carbons (Fsp3) is 0.700. The molecule has 1 aromatic rings. The van der Waals surface area contributed by atoms with E-state index < -0.39 is 5.60 Å². The number of rotatable bonds is 3. The zero-order valence-corrected chi connectivity index (χ0v) is 11.3. The minimum absolute atomic E-state index is 0.118. The molecule has 0 saturated carbocycles. The molecule has 8 heteroatoms. The van der Waals surface area contributed by atoms with Gasteiger partial charge in [-0.05, 0) is 25.2 Å². The number of hydrogen-bond acceptors (Lipinski definition) is 6. The van der Waals surface area contributed by atoms with Gasteiger partial charge < -0.3 is 14.7 Å². The Balaban J connectivity index is 1.84. The Bertz CT molecular complexity index is 437. The van der Waals surface area contributed by atoms with Crippen molar-refractivity contribution in [2.75, 3.05) is 25.5 Å². The molecule has 0 aliphatic carbocycles. The minimum Gasteiger partial charge on any atom is -0.472 e. The molecule has 0 radical (unpaired) electrons. The van der Waals surface area contributed by atoms with Crippen LogP contribution in [0.4, 0.5) is 9.93 Å². The number of nitrogens with one attached hydrogen (secondary N) is 1. The van der Waals surface area contributed by atoms with Gasteiger partial charge in [-0.15, -0.1) is 5.10 Å². The second-order valence-corrected chi connectivity index (χ2v) is 5.70. The minimum atomic E-state index is -0.747. The lowest BCUT2D eigenvalue weighted by molar-refractivity contribution is -0.0440. The van der Waals surface area contributed by atoms with E-state index >= 15 is 0 Å². The molecule has 100 valence electrons. The van der Waals surface area contributed by atoms with Crippen LogP contribution >= 0.6 is 11.3 Å². The van der Waals surface area contributed by atoms with Gasteiger partial charge in [-0.1, -0.05) is 5.10 Å². The van der Waals surface area contributed by atoms with Gasteiger partial charge in [0.05, 0.1) is 12.7 Å². The lowest BCUT2D eigenvalue weighted by Crippen LogP contribution is -2.58. The van der Waals surface area contributed by atoms with Crippen LogP contribution in [0.25, 0.3) is 0 Å². The van der Waals surface area contributed by atoms with Crippen molar-refractivity contribution in [2.24, 2.45) is 5.92 Å². The van der Waals surface area contributed by atoms with Gasteiger partial charge in [0.2, 0.25) is 5.13 Å². The Hall–Kier alpha value is -1.41. The molecule has 0 unspecified atom stereocenters. The summed E-state index contributed by atoms with van der Waals surface area (Å²) in [6, 6.07) is -0.227. The number of amides is 2. The SMILES string of the molecule is COc1nnc(NC(=O)N2CC(C(C)(C)O)C2)s1. The second kappa shape index (κ2) is 4.69. The average Bonchev–Trinajstić information content (AvgIpc) is 2.60. The highest BCUT2D eigenvalue weighted by atomic mass is 32.1. The van der Waals surface area contributed by atoms with Gasteiger partial charge in [-0.2, -0.15) is 0 Å². The molecule has 1 aromatic heterocycles. The summed E-state index contributed by atoms with van der Waals surface area (Å²) in [5.74, 6) is 0.118. The summed E-state index contributed by atoms with van der Waals surface area (Å²) in [7, 11) is 1.50. The van der Waals surface area contributed by atoms with Crippen molar-refractivity contribution in [3.8, 4) is 5.19 Å². The van der Waals surface area contributed by atoms with E-state index in [9.17, 15) is 9.90 Å². The molecule has 1 fully saturated rings. The lowest BCUT2D eigenvalue weighted by Gasteiger charge is -2.44. The van der Waals surface area contributed by atoms with Crippen molar-refractivity contribution < 1.29 is 14.6 Å². The van der Waals surface area contributed by atoms with E-state index in [1.165, 1.54) is 18.4 Å². The van der Waals surface area contributed by atoms with Crippen molar-refractivity contribution in [2.45, 2.75) is 19.4 Å². The van der Waals surface area contributed by atoms with Crippen LogP contribution in [0.2, 0.25) is 0 Å². The molecule has 7 nitrogen and oxygen atoms in total. The monoisotopic (exact) mass is 272 g/mol. The van der Waals surface area contributed by atoms with Crippen LogP contribution in [0.15, 0.2) is 0 Å². The van der Waals surface area contributed by atoms with Crippen molar-refractivity contribution in [1.82, 2.24) is 15.1 Å². The summed E-state index contributed by atoms with van der Waals surface area (Å²) < 4.78 is 4.89. The normalized spacial score (nSPS) is 16.3. The molecular weight excluding hydrogens is 256 g/mol. The summed E-state index contributed by atoms with van der Waals surface area (Å²) in [5.41, 5.74) is -0.747. The quantitative estimate of drug-likeness (QED) is 0.849. The number of methoxy groups -OCH3 is 1. The van der Waals surface area contributed by atoms with Gasteiger partial charge in [0, 0.05) is 19.0 Å².